The number of para-hydroxylation sites is 2. The Morgan fingerprint density at radius 1 is 0.971 bits per heavy atom. The molecule has 174 valence electrons. The Hall–Kier alpha value is -3.74. The molecule has 0 radical (unpaired) electrons. The predicted octanol–water partition coefficient (Wildman–Crippen LogP) is 6.40. The molecule has 7 heteroatoms. The number of hydrogen-bond donors (Lipinski definition) is 0. The maximum absolute atomic E-state index is 13.6. The van der Waals surface area contributed by atoms with Crippen molar-refractivity contribution in [1.82, 2.24) is 18.9 Å². The van der Waals surface area contributed by atoms with E-state index in [1.54, 1.807) is 18.3 Å². The van der Waals surface area contributed by atoms with E-state index in [-0.39, 0.29) is 11.8 Å². The van der Waals surface area contributed by atoms with E-state index in [9.17, 15) is 9.18 Å². The maximum Gasteiger partial charge on any atom is 0.311 e. The average molecular weight is 459 g/mol. The Morgan fingerprint density at radius 2 is 1.74 bits per heavy atom. The smallest absolute Gasteiger partial charge is 0.311 e. The molecule has 3 aromatic heterocycles. The van der Waals surface area contributed by atoms with Gasteiger partial charge in [0.1, 0.15) is 17.0 Å². The van der Waals surface area contributed by atoms with E-state index in [0.29, 0.717) is 28.9 Å². The van der Waals surface area contributed by atoms with Crippen molar-refractivity contribution in [3.8, 4) is 11.4 Å². The van der Waals surface area contributed by atoms with Crippen molar-refractivity contribution in [1.29, 1.82) is 0 Å². The molecule has 34 heavy (non-hydrogen) atoms. The molecule has 0 saturated carbocycles. The molecule has 0 unspecified atom stereocenters. The van der Waals surface area contributed by atoms with Crippen molar-refractivity contribution in [2.24, 2.45) is 0 Å². The number of carbonyl (C=O) groups is 1. The maximum atomic E-state index is 13.6. The van der Waals surface area contributed by atoms with Gasteiger partial charge in [0.25, 0.3) is 0 Å². The van der Waals surface area contributed by atoms with Gasteiger partial charge in [-0.1, -0.05) is 38.8 Å². The molecule has 0 N–H and O–H groups in total. The first-order valence-electron chi connectivity index (χ1n) is 11.9. The van der Waals surface area contributed by atoms with Gasteiger partial charge in [-0.2, -0.15) is 0 Å². The fourth-order valence-electron chi connectivity index (χ4n) is 4.29. The van der Waals surface area contributed by atoms with Crippen LogP contribution in [-0.4, -0.2) is 24.9 Å². The van der Waals surface area contributed by atoms with Gasteiger partial charge in [-0.05, 0) is 49.2 Å². The number of unbranched alkanes of at least 4 members (excludes halogenated alkanes) is 2. The van der Waals surface area contributed by atoms with Crippen LogP contribution in [0.1, 0.15) is 51.8 Å². The summed E-state index contributed by atoms with van der Waals surface area (Å²) < 4.78 is 23.4. The van der Waals surface area contributed by atoms with Crippen molar-refractivity contribution in [3.63, 3.8) is 0 Å². The van der Waals surface area contributed by atoms with Crippen LogP contribution in [0.4, 0.5) is 4.39 Å². The molecule has 6 nitrogen and oxygen atoms in total. The number of aromatic nitrogens is 4. The molecule has 5 aromatic rings. The summed E-state index contributed by atoms with van der Waals surface area (Å²) in [6.45, 7) is 4.19. The lowest BCUT2D eigenvalue weighted by Gasteiger charge is -2.09. The summed E-state index contributed by atoms with van der Waals surface area (Å²) in [6, 6.07) is 14.2. The van der Waals surface area contributed by atoms with Gasteiger partial charge >= 0.3 is 5.97 Å². The lowest BCUT2D eigenvalue weighted by Crippen LogP contribution is -2.07. The fourth-order valence-corrected chi connectivity index (χ4v) is 4.29. The highest BCUT2D eigenvalue weighted by Gasteiger charge is 2.23. The van der Waals surface area contributed by atoms with Crippen LogP contribution in [0.2, 0.25) is 0 Å². The largest absolute Gasteiger partial charge is 0.424 e. The van der Waals surface area contributed by atoms with Crippen LogP contribution in [0, 0.1) is 5.82 Å². The SMILES string of the molecule is CCCCC(=O)Oc1cn(-c2ccc(F)cc2)c2nc(CCCC)n3c4ccccc4nc3c12. The van der Waals surface area contributed by atoms with Gasteiger partial charge in [0.05, 0.1) is 17.2 Å². The number of halogens is 1. The van der Waals surface area contributed by atoms with Crippen LogP contribution in [0.25, 0.3) is 33.4 Å². The fraction of sp³-hybridized carbons (Fsp3) is 0.296. The lowest BCUT2D eigenvalue weighted by molar-refractivity contribution is -0.134. The number of nitrogens with zero attached hydrogens (tertiary/aromatic N) is 4. The molecule has 0 spiro atoms. The Kier molecular flexibility index (Phi) is 6.01. The zero-order valence-electron chi connectivity index (χ0n) is 19.4. The van der Waals surface area contributed by atoms with Gasteiger partial charge in [-0.3, -0.25) is 13.8 Å². The number of rotatable bonds is 8. The molecule has 0 fully saturated rings. The highest BCUT2D eigenvalue weighted by molar-refractivity contribution is 6.01. The molecule has 0 atom stereocenters. The Balaban J connectivity index is 1.81. The minimum absolute atomic E-state index is 0.288. The van der Waals surface area contributed by atoms with E-state index in [1.807, 2.05) is 35.8 Å². The third-order valence-electron chi connectivity index (χ3n) is 6.04. The van der Waals surface area contributed by atoms with E-state index in [4.69, 9.17) is 14.7 Å². The number of esters is 1. The predicted molar refractivity (Wildman–Crippen MR) is 131 cm³/mol. The number of aryl methyl sites for hydroxylation is 1. The van der Waals surface area contributed by atoms with E-state index in [1.165, 1.54) is 12.1 Å². The number of imidazole rings is 1. The van der Waals surface area contributed by atoms with Crippen LogP contribution in [0.5, 0.6) is 5.75 Å². The van der Waals surface area contributed by atoms with Crippen molar-refractivity contribution >= 4 is 33.7 Å². The molecular formula is C27H27FN4O2. The second-order valence-corrected chi connectivity index (χ2v) is 8.51. The normalized spacial score (nSPS) is 11.6. The Bertz CT molecular complexity index is 1480. The summed E-state index contributed by atoms with van der Waals surface area (Å²) in [6.07, 6.45) is 6.57. The number of carbonyl (C=O) groups excluding carboxylic acids is 1. The lowest BCUT2D eigenvalue weighted by atomic mass is 10.2. The average Bonchev–Trinajstić information content (AvgIpc) is 3.40. The van der Waals surface area contributed by atoms with Crippen molar-refractivity contribution in [2.75, 3.05) is 0 Å². The van der Waals surface area contributed by atoms with Gasteiger partial charge in [0.2, 0.25) is 0 Å². The molecule has 0 aliphatic carbocycles. The van der Waals surface area contributed by atoms with E-state index >= 15 is 0 Å². The molecule has 0 bridgehead atoms. The Labute approximate surface area is 197 Å². The monoisotopic (exact) mass is 458 g/mol. The van der Waals surface area contributed by atoms with Crippen molar-refractivity contribution < 1.29 is 13.9 Å². The number of benzene rings is 2. The Morgan fingerprint density at radius 3 is 2.50 bits per heavy atom. The molecule has 3 heterocycles. The third kappa shape index (κ3) is 3.91. The van der Waals surface area contributed by atoms with Crippen LogP contribution >= 0.6 is 0 Å². The molecule has 0 amide bonds. The zero-order valence-corrected chi connectivity index (χ0v) is 19.4. The molecular weight excluding hydrogens is 431 g/mol. The standard InChI is InChI=1S/C27H27FN4O2/c1-3-5-11-23-30-26-25(27-29-20-9-7-8-10-21(20)32(23)27)22(34-24(33)12-6-4-2)17-31(26)19-15-13-18(28)14-16-19/h7-10,13-17H,3-6,11-12H2,1-2H3. The van der Waals surface area contributed by atoms with Crippen LogP contribution in [-0.2, 0) is 11.2 Å². The molecule has 0 saturated heterocycles. The summed E-state index contributed by atoms with van der Waals surface area (Å²) in [5.41, 5.74) is 3.90. The molecule has 2 aromatic carbocycles. The quantitative estimate of drug-likeness (QED) is 0.252. The highest BCUT2D eigenvalue weighted by Crippen LogP contribution is 2.35. The van der Waals surface area contributed by atoms with Gasteiger partial charge in [0, 0.05) is 18.5 Å². The summed E-state index contributed by atoms with van der Waals surface area (Å²) in [4.78, 5) is 22.6. The summed E-state index contributed by atoms with van der Waals surface area (Å²) in [5, 5.41) is 0.672. The first kappa shape index (κ1) is 22.1. The van der Waals surface area contributed by atoms with Crippen molar-refractivity contribution in [2.45, 2.75) is 52.4 Å². The van der Waals surface area contributed by atoms with Gasteiger partial charge in [0.15, 0.2) is 17.0 Å². The first-order chi connectivity index (χ1) is 16.6. The second kappa shape index (κ2) is 9.25. The zero-order chi connectivity index (χ0) is 23.7. The summed E-state index contributed by atoms with van der Waals surface area (Å²) >= 11 is 0. The minimum atomic E-state index is -0.315. The number of ether oxygens (including phenoxy) is 1. The topological polar surface area (TPSA) is 61.4 Å². The summed E-state index contributed by atoms with van der Waals surface area (Å²) in [7, 11) is 0. The van der Waals surface area contributed by atoms with Gasteiger partial charge in [-0.15, -0.1) is 0 Å². The van der Waals surface area contributed by atoms with Crippen molar-refractivity contribution in [3.05, 3.63) is 66.4 Å². The van der Waals surface area contributed by atoms with Crippen LogP contribution < -0.4 is 4.74 Å². The van der Waals surface area contributed by atoms with E-state index < -0.39 is 0 Å². The van der Waals surface area contributed by atoms with E-state index in [0.717, 1.165) is 54.6 Å². The van der Waals surface area contributed by atoms with E-state index in [2.05, 4.69) is 11.3 Å². The van der Waals surface area contributed by atoms with Gasteiger partial charge < -0.3 is 4.74 Å². The molecule has 0 aliphatic heterocycles. The van der Waals surface area contributed by atoms with Gasteiger partial charge in [-0.25, -0.2) is 14.4 Å². The third-order valence-corrected chi connectivity index (χ3v) is 6.04. The first-order valence-corrected chi connectivity index (χ1v) is 11.9. The minimum Gasteiger partial charge on any atom is -0.424 e. The number of hydrogen-bond acceptors (Lipinski definition) is 4. The molecule has 5 rings (SSSR count). The van der Waals surface area contributed by atoms with Crippen LogP contribution in [0.15, 0.2) is 54.7 Å². The summed E-state index contributed by atoms with van der Waals surface area (Å²) in [5.74, 6) is 0.702. The molecule has 0 aliphatic rings. The van der Waals surface area contributed by atoms with Crippen LogP contribution in [0.3, 0.4) is 0 Å². The highest BCUT2D eigenvalue weighted by atomic mass is 19.1. The number of fused-ring (bicyclic) bond motifs is 5. The second-order valence-electron chi connectivity index (χ2n) is 8.51.